The standard InChI is InChI=1S/C17H24N2O4S/c1-13-6-7-14(19-8-4-10-24(19,21)22)11-16(13)18-17(20)12-15-5-2-3-9-23-15/h6-7,11,15H,2-5,8-10,12H2,1H3,(H,18,20). The van der Waals surface area contributed by atoms with Gasteiger partial charge in [-0.3, -0.25) is 9.10 Å². The Morgan fingerprint density at radius 3 is 2.83 bits per heavy atom. The summed E-state index contributed by atoms with van der Waals surface area (Å²) in [6.07, 6.45) is 4.03. The molecule has 6 nitrogen and oxygen atoms in total. The Morgan fingerprint density at radius 1 is 1.33 bits per heavy atom. The molecule has 132 valence electrons. The van der Waals surface area contributed by atoms with Crippen molar-refractivity contribution in [2.75, 3.05) is 28.5 Å². The number of benzene rings is 1. The second-order valence-corrected chi connectivity index (χ2v) is 8.49. The molecule has 0 spiro atoms. The van der Waals surface area contributed by atoms with Gasteiger partial charge in [0.1, 0.15) is 0 Å². The largest absolute Gasteiger partial charge is 0.378 e. The van der Waals surface area contributed by atoms with E-state index in [2.05, 4.69) is 5.32 Å². The highest BCUT2D eigenvalue weighted by atomic mass is 32.2. The van der Waals surface area contributed by atoms with Crippen molar-refractivity contribution in [1.29, 1.82) is 0 Å². The molecule has 1 atom stereocenters. The number of rotatable bonds is 4. The molecule has 1 aromatic carbocycles. The van der Waals surface area contributed by atoms with Crippen molar-refractivity contribution in [2.24, 2.45) is 0 Å². The molecule has 0 saturated carbocycles. The fraction of sp³-hybridized carbons (Fsp3) is 0.588. The summed E-state index contributed by atoms with van der Waals surface area (Å²) in [5.41, 5.74) is 2.19. The van der Waals surface area contributed by atoms with E-state index in [-0.39, 0.29) is 17.8 Å². The number of amides is 1. The van der Waals surface area contributed by atoms with Crippen molar-refractivity contribution in [3.8, 4) is 0 Å². The van der Waals surface area contributed by atoms with E-state index in [4.69, 9.17) is 4.74 Å². The number of anilines is 2. The van der Waals surface area contributed by atoms with Crippen LogP contribution in [0.5, 0.6) is 0 Å². The molecule has 0 aliphatic carbocycles. The first-order valence-electron chi connectivity index (χ1n) is 8.48. The van der Waals surface area contributed by atoms with Gasteiger partial charge in [0, 0.05) is 18.8 Å². The minimum absolute atomic E-state index is 0.0128. The molecule has 0 bridgehead atoms. The first kappa shape index (κ1) is 17.2. The predicted octanol–water partition coefficient (Wildman–Crippen LogP) is 2.43. The van der Waals surface area contributed by atoms with Crippen molar-refractivity contribution in [3.63, 3.8) is 0 Å². The van der Waals surface area contributed by atoms with E-state index in [0.717, 1.165) is 31.4 Å². The fourth-order valence-electron chi connectivity index (χ4n) is 3.21. The van der Waals surface area contributed by atoms with E-state index in [1.165, 1.54) is 4.31 Å². The lowest BCUT2D eigenvalue weighted by atomic mass is 10.1. The number of nitrogens with zero attached hydrogens (tertiary/aromatic N) is 1. The van der Waals surface area contributed by atoms with Gasteiger partial charge in [-0.2, -0.15) is 0 Å². The topological polar surface area (TPSA) is 75.7 Å². The zero-order chi connectivity index (χ0) is 17.2. The molecule has 0 aromatic heterocycles. The van der Waals surface area contributed by atoms with Crippen molar-refractivity contribution >= 4 is 27.3 Å². The number of aryl methyl sites for hydroxylation is 1. The molecule has 2 heterocycles. The lowest BCUT2D eigenvalue weighted by Gasteiger charge is -2.22. The molecule has 1 unspecified atom stereocenters. The van der Waals surface area contributed by atoms with Gasteiger partial charge < -0.3 is 10.1 Å². The van der Waals surface area contributed by atoms with Crippen LogP contribution in [-0.2, 0) is 19.6 Å². The summed E-state index contributed by atoms with van der Waals surface area (Å²) in [6.45, 7) is 3.11. The SMILES string of the molecule is Cc1ccc(N2CCCS2(=O)=O)cc1NC(=O)CC1CCCCO1. The Hall–Kier alpha value is -1.60. The predicted molar refractivity (Wildman–Crippen MR) is 93.8 cm³/mol. The zero-order valence-electron chi connectivity index (χ0n) is 14.0. The number of hydrogen-bond donors (Lipinski definition) is 1. The maximum Gasteiger partial charge on any atom is 0.235 e. The van der Waals surface area contributed by atoms with Gasteiger partial charge in [0.05, 0.1) is 24.0 Å². The molecule has 2 aliphatic heterocycles. The molecule has 7 heteroatoms. The lowest BCUT2D eigenvalue weighted by Crippen LogP contribution is -2.26. The van der Waals surface area contributed by atoms with Gasteiger partial charge >= 0.3 is 0 Å². The monoisotopic (exact) mass is 352 g/mol. The van der Waals surface area contributed by atoms with E-state index in [1.54, 1.807) is 12.1 Å². The number of carbonyl (C=O) groups is 1. The van der Waals surface area contributed by atoms with Crippen LogP contribution in [-0.4, -0.2) is 39.3 Å². The Balaban J connectivity index is 1.71. The second kappa shape index (κ2) is 7.11. The summed E-state index contributed by atoms with van der Waals surface area (Å²) in [6, 6.07) is 5.38. The molecule has 2 saturated heterocycles. The van der Waals surface area contributed by atoms with Crippen LogP contribution in [0.25, 0.3) is 0 Å². The molecule has 3 rings (SSSR count). The number of sulfonamides is 1. The van der Waals surface area contributed by atoms with Crippen molar-refractivity contribution in [2.45, 2.75) is 45.1 Å². The summed E-state index contributed by atoms with van der Waals surface area (Å²) < 4.78 is 31.2. The van der Waals surface area contributed by atoms with Crippen LogP contribution in [0, 0.1) is 6.92 Å². The molecule has 2 fully saturated rings. The van der Waals surface area contributed by atoms with Gasteiger partial charge in [-0.25, -0.2) is 8.42 Å². The average molecular weight is 352 g/mol. The van der Waals surface area contributed by atoms with Crippen molar-refractivity contribution in [3.05, 3.63) is 23.8 Å². The minimum atomic E-state index is -3.22. The molecule has 1 aromatic rings. The Labute approximate surface area is 143 Å². The van der Waals surface area contributed by atoms with Gasteiger partial charge in [0.2, 0.25) is 15.9 Å². The summed E-state index contributed by atoms with van der Waals surface area (Å²) >= 11 is 0. The zero-order valence-corrected chi connectivity index (χ0v) is 14.8. The number of hydrogen-bond acceptors (Lipinski definition) is 4. The smallest absolute Gasteiger partial charge is 0.235 e. The molecule has 0 radical (unpaired) electrons. The summed E-state index contributed by atoms with van der Waals surface area (Å²) in [5, 5.41) is 2.91. The van der Waals surface area contributed by atoms with Gasteiger partial charge in [0.25, 0.3) is 0 Å². The quantitative estimate of drug-likeness (QED) is 0.903. The van der Waals surface area contributed by atoms with Crippen LogP contribution in [0.4, 0.5) is 11.4 Å². The Morgan fingerprint density at radius 2 is 2.17 bits per heavy atom. The van der Waals surface area contributed by atoms with E-state index in [9.17, 15) is 13.2 Å². The molecule has 1 N–H and O–H groups in total. The van der Waals surface area contributed by atoms with E-state index in [0.29, 0.717) is 30.8 Å². The van der Waals surface area contributed by atoms with Crippen LogP contribution in [0.3, 0.4) is 0 Å². The van der Waals surface area contributed by atoms with Crippen LogP contribution < -0.4 is 9.62 Å². The molecule has 2 aliphatic rings. The maximum atomic E-state index is 12.3. The maximum absolute atomic E-state index is 12.3. The fourth-order valence-corrected chi connectivity index (χ4v) is 4.76. The molecular formula is C17H24N2O4S. The average Bonchev–Trinajstić information content (AvgIpc) is 2.90. The van der Waals surface area contributed by atoms with Gasteiger partial charge in [-0.1, -0.05) is 6.07 Å². The van der Waals surface area contributed by atoms with Crippen LogP contribution in [0.2, 0.25) is 0 Å². The van der Waals surface area contributed by atoms with Crippen LogP contribution >= 0.6 is 0 Å². The molecular weight excluding hydrogens is 328 g/mol. The van der Waals surface area contributed by atoms with Gasteiger partial charge in [-0.05, 0) is 50.3 Å². The third-order valence-electron chi connectivity index (χ3n) is 4.57. The number of ether oxygens (including phenoxy) is 1. The summed E-state index contributed by atoms with van der Waals surface area (Å²) in [7, 11) is -3.22. The van der Waals surface area contributed by atoms with E-state index >= 15 is 0 Å². The van der Waals surface area contributed by atoms with Gasteiger partial charge in [-0.15, -0.1) is 0 Å². The third kappa shape index (κ3) is 3.89. The van der Waals surface area contributed by atoms with Crippen molar-refractivity contribution < 1.29 is 17.9 Å². The molecule has 1 amide bonds. The lowest BCUT2D eigenvalue weighted by molar-refractivity contribution is -0.119. The molecule has 24 heavy (non-hydrogen) atoms. The highest BCUT2D eigenvalue weighted by molar-refractivity contribution is 7.93. The highest BCUT2D eigenvalue weighted by Gasteiger charge is 2.28. The normalized spacial score (nSPS) is 23.2. The number of carbonyl (C=O) groups excluding carboxylic acids is 1. The number of nitrogens with one attached hydrogen (secondary N) is 1. The minimum Gasteiger partial charge on any atom is -0.378 e. The summed E-state index contributed by atoms with van der Waals surface area (Å²) in [4.78, 5) is 12.3. The Kier molecular flexibility index (Phi) is 5.10. The first-order chi connectivity index (χ1) is 11.5. The third-order valence-corrected chi connectivity index (χ3v) is 6.44. The first-order valence-corrected chi connectivity index (χ1v) is 10.1. The van der Waals surface area contributed by atoms with Crippen LogP contribution in [0.1, 0.15) is 37.7 Å². The second-order valence-electron chi connectivity index (χ2n) is 6.48. The highest BCUT2D eigenvalue weighted by Crippen LogP contribution is 2.29. The van der Waals surface area contributed by atoms with Gasteiger partial charge in [0.15, 0.2) is 0 Å². The van der Waals surface area contributed by atoms with E-state index < -0.39 is 10.0 Å². The summed E-state index contributed by atoms with van der Waals surface area (Å²) in [5.74, 6) is 0.0909. The van der Waals surface area contributed by atoms with Crippen molar-refractivity contribution in [1.82, 2.24) is 0 Å². The van der Waals surface area contributed by atoms with Crippen LogP contribution in [0.15, 0.2) is 18.2 Å². The Bertz CT molecular complexity index is 711. The van der Waals surface area contributed by atoms with E-state index in [1.807, 2.05) is 13.0 Å².